The molecule has 14 nitrogen and oxygen atoms in total. The fourth-order valence-electron chi connectivity index (χ4n) is 8.59. The topological polar surface area (TPSA) is 183 Å². The van der Waals surface area contributed by atoms with Crippen molar-refractivity contribution in [2.45, 2.75) is 115 Å². The molecule has 0 bridgehead atoms. The third kappa shape index (κ3) is 10.4. The Labute approximate surface area is 318 Å². The molecule has 14 heteroatoms. The van der Waals surface area contributed by atoms with Crippen molar-refractivity contribution < 1.29 is 38.3 Å². The van der Waals surface area contributed by atoms with Gasteiger partial charge in [0.2, 0.25) is 29.4 Å². The monoisotopic (exact) mass is 750 g/mol. The lowest BCUT2D eigenvalue weighted by atomic mass is 9.83. The van der Waals surface area contributed by atoms with Crippen LogP contribution in [0.25, 0.3) is 0 Å². The summed E-state index contributed by atoms with van der Waals surface area (Å²) < 4.78 is 5.37. The van der Waals surface area contributed by atoms with E-state index in [1.165, 1.54) is 4.90 Å². The third-order valence-electron chi connectivity index (χ3n) is 11.4. The van der Waals surface area contributed by atoms with Gasteiger partial charge in [0.25, 0.3) is 5.91 Å². The van der Waals surface area contributed by atoms with E-state index in [0.717, 1.165) is 57.8 Å². The largest absolute Gasteiger partial charge is 0.447 e. The average Bonchev–Trinajstić information content (AvgIpc) is 3.79. The molecule has 7 atom stereocenters. The van der Waals surface area contributed by atoms with Crippen molar-refractivity contribution in [1.82, 2.24) is 31.1 Å². The van der Waals surface area contributed by atoms with Crippen LogP contribution in [0, 0.1) is 29.6 Å². The molecule has 4 N–H and O–H groups in total. The normalized spacial score (nSPS) is 24.1. The molecule has 54 heavy (non-hydrogen) atoms. The minimum Gasteiger partial charge on any atom is -0.447 e. The first kappa shape index (κ1) is 40.7. The van der Waals surface area contributed by atoms with Crippen molar-refractivity contribution in [3.63, 3.8) is 0 Å². The molecule has 296 valence electrons. The molecular formula is C40H58N6O8. The molecule has 1 aliphatic heterocycles. The number of ether oxygens (including phenoxy) is 1. The van der Waals surface area contributed by atoms with Gasteiger partial charge in [-0.1, -0.05) is 69.4 Å². The maximum atomic E-state index is 14.5. The van der Waals surface area contributed by atoms with Crippen molar-refractivity contribution in [1.29, 1.82) is 0 Å². The van der Waals surface area contributed by atoms with Gasteiger partial charge in [0.15, 0.2) is 0 Å². The average molecular weight is 751 g/mol. The van der Waals surface area contributed by atoms with Crippen molar-refractivity contribution in [2.24, 2.45) is 29.6 Å². The fourth-order valence-corrected chi connectivity index (χ4v) is 8.59. The Kier molecular flexibility index (Phi) is 13.7. The van der Waals surface area contributed by atoms with Gasteiger partial charge >= 0.3 is 6.09 Å². The van der Waals surface area contributed by atoms with Crippen molar-refractivity contribution in [3.8, 4) is 0 Å². The van der Waals surface area contributed by atoms with Crippen molar-refractivity contribution in [3.05, 3.63) is 35.9 Å². The zero-order valence-corrected chi connectivity index (χ0v) is 32.3. The second-order valence-electron chi connectivity index (χ2n) is 16.3. The number of carbonyl (C=O) groups excluding carboxylic acids is 7. The highest BCUT2D eigenvalue weighted by molar-refractivity contribution is 6.38. The molecule has 1 aromatic carbocycles. The van der Waals surface area contributed by atoms with Crippen LogP contribution in [0.5, 0.6) is 0 Å². The van der Waals surface area contributed by atoms with Gasteiger partial charge in [-0.3, -0.25) is 28.8 Å². The number of benzene rings is 1. The Morgan fingerprint density at radius 1 is 0.889 bits per heavy atom. The quantitative estimate of drug-likeness (QED) is 0.197. The molecule has 5 rings (SSSR count). The molecule has 3 aliphatic carbocycles. The van der Waals surface area contributed by atoms with E-state index in [9.17, 15) is 33.6 Å². The molecule has 5 unspecified atom stereocenters. The lowest BCUT2D eigenvalue weighted by Crippen LogP contribution is -2.59. The van der Waals surface area contributed by atoms with Crippen LogP contribution in [-0.4, -0.2) is 103 Å². The van der Waals surface area contributed by atoms with Crippen LogP contribution in [0.3, 0.4) is 0 Å². The number of likely N-dealkylation sites (tertiary alicyclic amines) is 1. The maximum Gasteiger partial charge on any atom is 0.408 e. The lowest BCUT2D eigenvalue weighted by molar-refractivity contribution is -0.144. The molecule has 4 fully saturated rings. The molecule has 1 saturated heterocycles. The van der Waals surface area contributed by atoms with E-state index in [1.54, 1.807) is 63.2 Å². The van der Waals surface area contributed by atoms with Gasteiger partial charge in [0.1, 0.15) is 18.1 Å². The Morgan fingerprint density at radius 2 is 1.57 bits per heavy atom. The number of hydrogen-bond acceptors (Lipinski definition) is 8. The summed E-state index contributed by atoms with van der Waals surface area (Å²) in [6, 6.07) is 4.85. The van der Waals surface area contributed by atoms with Gasteiger partial charge in [0, 0.05) is 20.6 Å². The summed E-state index contributed by atoms with van der Waals surface area (Å²) in [6.45, 7) is 5.42. The van der Waals surface area contributed by atoms with Crippen molar-refractivity contribution >= 4 is 41.4 Å². The molecule has 1 aromatic rings. The molecule has 0 radical (unpaired) electrons. The molecule has 1 heterocycles. The maximum absolute atomic E-state index is 14.5. The highest BCUT2D eigenvalue weighted by atomic mass is 16.6. The molecule has 4 aliphatic rings. The molecule has 3 saturated carbocycles. The van der Waals surface area contributed by atoms with Crippen LogP contribution in [0.1, 0.15) is 96.6 Å². The Morgan fingerprint density at radius 3 is 2.20 bits per heavy atom. The second kappa shape index (κ2) is 18.2. The van der Waals surface area contributed by atoms with E-state index in [4.69, 9.17) is 4.74 Å². The Balaban J connectivity index is 1.28. The van der Waals surface area contributed by atoms with Gasteiger partial charge in [0.05, 0.1) is 18.7 Å². The second-order valence-corrected chi connectivity index (χ2v) is 16.3. The van der Waals surface area contributed by atoms with Gasteiger partial charge in [-0.05, 0) is 81.1 Å². The fraction of sp³-hybridized carbons (Fsp3) is 0.675. The van der Waals surface area contributed by atoms with E-state index in [-0.39, 0.29) is 48.0 Å². The summed E-state index contributed by atoms with van der Waals surface area (Å²) in [5, 5.41) is 10.7. The van der Waals surface area contributed by atoms with Gasteiger partial charge in [-0.15, -0.1) is 0 Å². The number of ketones is 1. The molecule has 0 spiro atoms. The van der Waals surface area contributed by atoms with E-state index in [2.05, 4.69) is 28.2 Å². The number of rotatable bonds is 15. The van der Waals surface area contributed by atoms with E-state index < -0.39 is 60.3 Å². The number of nitrogens with zero attached hydrogens (tertiary/aromatic N) is 2. The third-order valence-corrected chi connectivity index (χ3v) is 11.4. The van der Waals surface area contributed by atoms with Crippen LogP contribution >= 0.6 is 0 Å². The highest BCUT2D eigenvalue weighted by Gasteiger charge is 2.53. The minimum absolute atomic E-state index is 0.0906. The van der Waals surface area contributed by atoms with Gasteiger partial charge < -0.3 is 35.8 Å². The number of likely N-dealkylation sites (N-methyl/N-ethyl adjacent to an activating group) is 1. The summed E-state index contributed by atoms with van der Waals surface area (Å²) in [6.07, 6.45) is 7.03. The summed E-state index contributed by atoms with van der Waals surface area (Å²) >= 11 is 0. The predicted octanol–water partition coefficient (Wildman–Crippen LogP) is 2.86. The predicted molar refractivity (Wildman–Crippen MR) is 199 cm³/mol. The highest BCUT2D eigenvalue weighted by Crippen LogP contribution is 2.46. The standard InChI is InChI=1S/C40H58N6O8/c1-23(2)54-40(53)44-33(27-14-10-7-11-15-27)39(52)46-22-28-18-24(3)19-29(28)34(46)36(49)42-30(20-25-16-17-25)35(48)37(50)41-21-31(47)43-32(38(51)45(4)5)26-12-8-6-9-13-26/h6,8-9,12-13,23-25,27-30,32-34H,7,10-11,14-22H2,1-5H3,(H,41,50)(H,42,49)(H,43,47)(H,44,53)/t24?,28-,29-,30?,32?,33?,34?/m0/s1. The summed E-state index contributed by atoms with van der Waals surface area (Å²) in [4.78, 5) is 97.4. The first-order chi connectivity index (χ1) is 25.7. The number of fused-ring (bicyclic) bond motifs is 1. The Bertz CT molecular complexity index is 1540. The summed E-state index contributed by atoms with van der Waals surface area (Å²) in [5.41, 5.74) is 0.564. The number of nitrogens with one attached hydrogen (secondary N) is 4. The minimum atomic E-state index is -1.15. The first-order valence-electron chi connectivity index (χ1n) is 19.7. The smallest absolute Gasteiger partial charge is 0.408 e. The molecule has 0 aromatic heterocycles. The lowest BCUT2D eigenvalue weighted by Gasteiger charge is -2.36. The zero-order valence-electron chi connectivity index (χ0n) is 32.3. The van der Waals surface area contributed by atoms with Crippen LogP contribution < -0.4 is 21.3 Å². The van der Waals surface area contributed by atoms with Gasteiger partial charge in [-0.2, -0.15) is 0 Å². The number of carbonyl (C=O) groups is 7. The number of hydrogen-bond donors (Lipinski definition) is 4. The number of Topliss-reactive ketones (excluding diaryl/α,β-unsaturated/α-hetero) is 1. The van der Waals surface area contributed by atoms with Crippen LogP contribution in [0.15, 0.2) is 30.3 Å². The van der Waals surface area contributed by atoms with E-state index >= 15 is 0 Å². The zero-order chi connectivity index (χ0) is 39.1. The summed E-state index contributed by atoms with van der Waals surface area (Å²) in [7, 11) is 3.15. The summed E-state index contributed by atoms with van der Waals surface area (Å²) in [5.74, 6) is -3.36. The number of amides is 6. The number of alkyl carbamates (subject to hydrolysis) is 1. The Hall–Kier alpha value is -4.49. The van der Waals surface area contributed by atoms with Gasteiger partial charge in [-0.25, -0.2) is 4.79 Å². The van der Waals surface area contributed by atoms with E-state index in [1.807, 2.05) is 0 Å². The van der Waals surface area contributed by atoms with E-state index in [0.29, 0.717) is 18.0 Å². The van der Waals surface area contributed by atoms with Crippen LogP contribution in [-0.2, 0) is 33.5 Å². The van der Waals surface area contributed by atoms with Crippen LogP contribution in [0.2, 0.25) is 0 Å². The first-order valence-corrected chi connectivity index (χ1v) is 19.7. The molecular weight excluding hydrogens is 692 g/mol. The van der Waals surface area contributed by atoms with Crippen molar-refractivity contribution in [2.75, 3.05) is 27.2 Å². The molecule has 6 amide bonds. The van der Waals surface area contributed by atoms with Crippen LogP contribution in [0.4, 0.5) is 4.79 Å². The SMILES string of the molecule is CC1C[C@H]2CN(C(=O)C(NC(=O)OC(C)C)C3CCCCC3)C(C(=O)NC(CC3CC3)C(=O)C(=O)NCC(=O)NC(C(=O)N(C)C)c3ccccc3)[C@H]2C1.